The summed E-state index contributed by atoms with van der Waals surface area (Å²) in [4.78, 5) is 15.1. The van der Waals surface area contributed by atoms with Crippen LogP contribution in [0.15, 0.2) is 18.3 Å². The van der Waals surface area contributed by atoms with Crippen LogP contribution in [-0.2, 0) is 4.74 Å². The van der Waals surface area contributed by atoms with Crippen molar-refractivity contribution in [2.75, 3.05) is 7.11 Å². The number of hydrogen-bond acceptors (Lipinski definition) is 7. The van der Waals surface area contributed by atoms with Crippen molar-refractivity contribution in [2.45, 2.75) is 6.92 Å². The quantitative estimate of drug-likeness (QED) is 0.692. The largest absolute Gasteiger partial charge is 0.464 e. The minimum atomic E-state index is -0.488. The highest BCUT2D eigenvalue weighted by Crippen LogP contribution is 2.11. The molecule has 0 fully saturated rings. The van der Waals surface area contributed by atoms with E-state index in [-0.39, 0.29) is 5.69 Å². The first-order chi connectivity index (χ1) is 8.20. The van der Waals surface area contributed by atoms with Crippen LogP contribution in [0.3, 0.4) is 0 Å². The average Bonchev–Trinajstić information content (AvgIpc) is 2.39. The number of pyridine rings is 1. The molecular formula is C10H9N5O2. The zero-order chi connectivity index (χ0) is 12.3. The number of carbonyl (C=O) groups is 1. The molecule has 2 heterocycles. The molecule has 0 radical (unpaired) electrons. The molecule has 0 aliphatic rings. The number of methoxy groups -OCH3 is 1. The van der Waals surface area contributed by atoms with Crippen molar-refractivity contribution < 1.29 is 9.53 Å². The minimum Gasteiger partial charge on any atom is -0.464 e. The van der Waals surface area contributed by atoms with Gasteiger partial charge in [0.1, 0.15) is 5.69 Å². The zero-order valence-electron chi connectivity index (χ0n) is 9.28. The molecule has 0 bridgehead atoms. The van der Waals surface area contributed by atoms with Gasteiger partial charge in [0.15, 0.2) is 5.82 Å². The Labute approximate surface area is 96.9 Å². The van der Waals surface area contributed by atoms with Crippen LogP contribution in [0.1, 0.15) is 16.3 Å². The highest BCUT2D eigenvalue weighted by molar-refractivity contribution is 5.87. The summed E-state index contributed by atoms with van der Waals surface area (Å²) in [7, 11) is 1.30. The van der Waals surface area contributed by atoms with Crippen LogP contribution in [0, 0.1) is 6.92 Å². The van der Waals surface area contributed by atoms with E-state index in [0.29, 0.717) is 17.2 Å². The third-order valence-corrected chi connectivity index (χ3v) is 2.00. The maximum Gasteiger partial charge on any atom is 0.356 e. The van der Waals surface area contributed by atoms with E-state index in [1.807, 2.05) is 0 Å². The minimum absolute atomic E-state index is 0.226. The molecule has 0 saturated heterocycles. The molecule has 0 unspecified atom stereocenters. The van der Waals surface area contributed by atoms with Gasteiger partial charge in [0.2, 0.25) is 5.82 Å². The van der Waals surface area contributed by atoms with Gasteiger partial charge in [0.05, 0.1) is 7.11 Å². The first-order valence-corrected chi connectivity index (χ1v) is 4.79. The lowest BCUT2D eigenvalue weighted by atomic mass is 10.2. The predicted octanol–water partition coefficient (Wildman–Crippen LogP) is 0.424. The van der Waals surface area contributed by atoms with E-state index in [1.165, 1.54) is 19.4 Å². The van der Waals surface area contributed by atoms with Gasteiger partial charge in [-0.3, -0.25) is 0 Å². The number of rotatable bonds is 2. The van der Waals surface area contributed by atoms with E-state index in [2.05, 4.69) is 30.1 Å². The average molecular weight is 231 g/mol. The summed E-state index contributed by atoms with van der Waals surface area (Å²) in [6.07, 6.45) is 1.47. The lowest BCUT2D eigenvalue weighted by molar-refractivity contribution is 0.0594. The van der Waals surface area contributed by atoms with Gasteiger partial charge in [-0.15, -0.1) is 20.4 Å². The monoisotopic (exact) mass is 231 g/mol. The zero-order valence-corrected chi connectivity index (χ0v) is 9.28. The lowest BCUT2D eigenvalue weighted by Crippen LogP contribution is -2.04. The standard InChI is InChI=1S/C10H9N5O2/c1-6-12-14-9(15-13-6)7-3-4-8(11-5-7)10(16)17-2/h3-5H,1-2H3. The Balaban J connectivity index is 2.29. The van der Waals surface area contributed by atoms with Crippen LogP contribution < -0.4 is 0 Å². The molecular weight excluding hydrogens is 222 g/mol. The molecule has 0 aliphatic carbocycles. The molecule has 86 valence electrons. The van der Waals surface area contributed by atoms with Crippen molar-refractivity contribution in [3.63, 3.8) is 0 Å². The fourth-order valence-corrected chi connectivity index (χ4v) is 1.15. The van der Waals surface area contributed by atoms with E-state index in [0.717, 1.165) is 0 Å². The highest BCUT2D eigenvalue weighted by atomic mass is 16.5. The fourth-order valence-electron chi connectivity index (χ4n) is 1.15. The number of hydrogen-bond donors (Lipinski definition) is 0. The molecule has 0 N–H and O–H groups in total. The number of aryl methyl sites for hydroxylation is 1. The van der Waals surface area contributed by atoms with Crippen molar-refractivity contribution in [3.8, 4) is 11.4 Å². The molecule has 17 heavy (non-hydrogen) atoms. The molecule has 7 heteroatoms. The van der Waals surface area contributed by atoms with E-state index < -0.39 is 5.97 Å². The summed E-state index contributed by atoms with van der Waals surface area (Å²) in [6, 6.07) is 3.19. The van der Waals surface area contributed by atoms with Crippen LogP contribution in [0.5, 0.6) is 0 Å². The lowest BCUT2D eigenvalue weighted by Gasteiger charge is -2.00. The Morgan fingerprint density at radius 2 is 1.88 bits per heavy atom. The van der Waals surface area contributed by atoms with E-state index in [4.69, 9.17) is 0 Å². The second-order valence-corrected chi connectivity index (χ2v) is 3.19. The number of ether oxygens (including phenoxy) is 1. The second kappa shape index (κ2) is 4.60. The molecule has 2 rings (SSSR count). The van der Waals surface area contributed by atoms with Crippen LogP contribution in [0.4, 0.5) is 0 Å². The second-order valence-electron chi connectivity index (χ2n) is 3.19. The Morgan fingerprint density at radius 1 is 1.18 bits per heavy atom. The number of aromatic nitrogens is 5. The summed E-state index contributed by atoms with van der Waals surface area (Å²) in [5.74, 6) is 0.366. The van der Waals surface area contributed by atoms with Gasteiger partial charge >= 0.3 is 5.97 Å². The molecule has 0 spiro atoms. The van der Waals surface area contributed by atoms with Gasteiger partial charge in [0.25, 0.3) is 0 Å². The number of carbonyl (C=O) groups excluding carboxylic acids is 1. The van der Waals surface area contributed by atoms with Gasteiger partial charge in [0, 0.05) is 11.8 Å². The third kappa shape index (κ3) is 2.39. The molecule has 7 nitrogen and oxygen atoms in total. The molecule has 0 amide bonds. The van der Waals surface area contributed by atoms with E-state index >= 15 is 0 Å². The first-order valence-electron chi connectivity index (χ1n) is 4.79. The van der Waals surface area contributed by atoms with Crippen molar-refractivity contribution in [3.05, 3.63) is 29.8 Å². The van der Waals surface area contributed by atoms with Gasteiger partial charge in [-0.2, -0.15) is 0 Å². The summed E-state index contributed by atoms with van der Waals surface area (Å²) < 4.78 is 4.54. The van der Waals surface area contributed by atoms with Crippen molar-refractivity contribution in [1.82, 2.24) is 25.4 Å². The number of esters is 1. The SMILES string of the molecule is COC(=O)c1ccc(-c2nnc(C)nn2)cn1. The van der Waals surface area contributed by atoms with Gasteiger partial charge < -0.3 is 4.74 Å². The maximum atomic E-state index is 11.2. The predicted molar refractivity (Wildman–Crippen MR) is 56.9 cm³/mol. The van der Waals surface area contributed by atoms with Gasteiger partial charge in [-0.25, -0.2) is 9.78 Å². The molecule has 2 aromatic heterocycles. The van der Waals surface area contributed by atoms with Crippen molar-refractivity contribution >= 4 is 5.97 Å². The van der Waals surface area contributed by atoms with Crippen molar-refractivity contribution in [1.29, 1.82) is 0 Å². The Kier molecular flexibility index (Phi) is 2.99. The highest BCUT2D eigenvalue weighted by Gasteiger charge is 2.08. The molecule has 0 saturated carbocycles. The van der Waals surface area contributed by atoms with Crippen molar-refractivity contribution in [2.24, 2.45) is 0 Å². The van der Waals surface area contributed by atoms with E-state index in [1.54, 1.807) is 13.0 Å². The summed E-state index contributed by atoms with van der Waals surface area (Å²) >= 11 is 0. The first kappa shape index (κ1) is 11.1. The Bertz CT molecular complexity index is 523. The molecule has 0 aliphatic heterocycles. The molecule has 2 aromatic rings. The summed E-state index contributed by atoms with van der Waals surface area (Å²) in [5.41, 5.74) is 0.863. The maximum absolute atomic E-state index is 11.2. The molecule has 0 atom stereocenters. The summed E-state index contributed by atoms with van der Waals surface area (Å²) in [6.45, 7) is 1.70. The normalized spacial score (nSPS) is 10.0. The topological polar surface area (TPSA) is 90.8 Å². The van der Waals surface area contributed by atoms with Crippen LogP contribution in [0.25, 0.3) is 11.4 Å². The van der Waals surface area contributed by atoms with Crippen LogP contribution in [0.2, 0.25) is 0 Å². The third-order valence-electron chi connectivity index (χ3n) is 2.00. The van der Waals surface area contributed by atoms with Crippen LogP contribution >= 0.6 is 0 Å². The van der Waals surface area contributed by atoms with Gasteiger partial charge in [-0.1, -0.05) is 0 Å². The fraction of sp³-hybridized carbons (Fsp3) is 0.200. The van der Waals surface area contributed by atoms with E-state index in [9.17, 15) is 4.79 Å². The van der Waals surface area contributed by atoms with Gasteiger partial charge in [-0.05, 0) is 19.1 Å². The molecule has 0 aromatic carbocycles. The number of nitrogens with zero attached hydrogens (tertiary/aromatic N) is 5. The smallest absolute Gasteiger partial charge is 0.356 e. The summed E-state index contributed by atoms with van der Waals surface area (Å²) in [5, 5.41) is 15.3. The van der Waals surface area contributed by atoms with Crippen LogP contribution in [-0.4, -0.2) is 38.5 Å². The Hall–Kier alpha value is -2.44. The Morgan fingerprint density at radius 3 is 2.41 bits per heavy atom.